The molecule has 0 aromatic heterocycles. The van der Waals surface area contributed by atoms with Crippen molar-refractivity contribution in [2.24, 2.45) is 29.6 Å². The van der Waals surface area contributed by atoms with Gasteiger partial charge in [0.05, 0.1) is 116 Å². The normalized spacial score (nSPS) is 57.8. The second-order valence-electron chi connectivity index (χ2n) is 28.1. The molecule has 3 spiro atoms. The molecule has 0 saturated carbocycles. The first-order chi connectivity index (χ1) is 38.5. The molecule has 16 fully saturated rings. The Labute approximate surface area is 469 Å². The van der Waals surface area contributed by atoms with E-state index in [-0.39, 0.29) is 165 Å². The number of Topliss-reactive ketones (excluding diaryl/α,β-unsaturated/α-hetero) is 1. The average Bonchev–Trinajstić information content (AvgIpc) is 4.25. The second kappa shape index (κ2) is 20.7. The summed E-state index contributed by atoms with van der Waals surface area (Å²) in [4.78, 5) is 27.0. The lowest BCUT2D eigenvalue weighted by Gasteiger charge is -2.54. The minimum Gasteiger partial charge on any atom is -0.459 e. The minimum atomic E-state index is -0.933. The Kier molecular flexibility index (Phi) is 14.2. The number of carbonyl (C=O) groups excluding carboxylic acids is 2. The maximum absolute atomic E-state index is 14.6. The van der Waals surface area contributed by atoms with Crippen molar-refractivity contribution in [3.63, 3.8) is 0 Å². The molecule has 16 heterocycles. The van der Waals surface area contributed by atoms with Crippen LogP contribution in [0.15, 0.2) is 12.2 Å². The quantitative estimate of drug-likeness (QED) is 0.259. The lowest BCUT2D eigenvalue weighted by Crippen LogP contribution is -2.62. The zero-order valence-corrected chi connectivity index (χ0v) is 47.4. The van der Waals surface area contributed by atoms with E-state index in [0.29, 0.717) is 70.1 Å². The van der Waals surface area contributed by atoms with Gasteiger partial charge in [-0.25, -0.2) is 0 Å². The summed E-state index contributed by atoms with van der Waals surface area (Å²) in [6, 6.07) is 0. The highest BCUT2D eigenvalue weighted by Gasteiger charge is 2.70. The number of carbonyl (C=O) groups is 2. The van der Waals surface area contributed by atoms with E-state index < -0.39 is 60.1 Å². The SMILES string of the molecule is C=C1[C@H](C)C[C@@H]2CC[C@@H]3O[C@@H](CC[C@@]45C[C@H]6O[C@H]7[C@@H](O4)[C@H]4O[C@H](CC[C@@H]4O[C@H]7[C@@H]6O5)CC(=O)O[C@@H]4[C@@H](C)[C@@H]5O[C@@H]6C[C@]7(C[C@@H]8O[C@]9(C[C@H](C)[C@@H]%10O[C@H](CC(=O)CCO)[C@H](O)C[C@@H]%10O9)C[C@H](C)[C@@H]8O7)O[C@@H]6C[C@@H]5O[C@H]4C[C@H]1O2)C[C@H]3C. The van der Waals surface area contributed by atoms with Gasteiger partial charge in [-0.3, -0.25) is 9.59 Å². The summed E-state index contributed by atoms with van der Waals surface area (Å²) in [6.07, 6.45) is 3.72. The summed E-state index contributed by atoms with van der Waals surface area (Å²) >= 11 is 0. The fraction of sp³-hybridized carbons (Fsp3) is 0.934. The standard InChI is InChI=1S/C61H88O19/c1-27-15-34-7-9-38-28(2)16-36(66-38)11-13-59-25-47-55(79-59)56-57(73-47)58(80-59)54-39(70-56)10-8-35(68-54)18-49(65)74-53-32(6)52-44(69-43(53)20-40(67-34)31(27)5)21-42-46(72-52)24-61(75-42)26-48-51(78-61)30(4)23-60(77-48)22-29(3)50-45(76-60)19-37(64)41(71-50)17-33(63)12-14-62/h27-30,32,34-48,50-58,62,64H,5,7-26H2,1-4,6H3/t27-,28-,29+,30+,32+,34+,35-,36+,37-,38+,39+,40-,41-,42-,43+,44+,45+,46-,47-,48+,50+,51+,52+,53-,54+,55-,56+,57-,58+,59+,60-,61+/m1/s1. The molecule has 80 heavy (non-hydrogen) atoms. The van der Waals surface area contributed by atoms with Gasteiger partial charge in [-0.15, -0.1) is 0 Å². The highest BCUT2D eigenvalue weighted by atomic mass is 16.8. The van der Waals surface area contributed by atoms with Crippen LogP contribution >= 0.6 is 0 Å². The van der Waals surface area contributed by atoms with E-state index in [0.717, 1.165) is 44.1 Å². The Morgan fingerprint density at radius 1 is 0.512 bits per heavy atom. The van der Waals surface area contributed by atoms with Gasteiger partial charge in [0.1, 0.15) is 42.4 Å². The molecule has 16 aliphatic heterocycles. The van der Waals surface area contributed by atoms with Crippen LogP contribution in [-0.4, -0.2) is 192 Å². The average molecular weight is 1130 g/mol. The van der Waals surface area contributed by atoms with Gasteiger partial charge in [-0.05, 0) is 74.2 Å². The molecule has 0 radical (unpaired) electrons. The predicted octanol–water partition coefficient (Wildman–Crippen LogP) is 5.60. The van der Waals surface area contributed by atoms with Gasteiger partial charge >= 0.3 is 5.97 Å². The van der Waals surface area contributed by atoms with Gasteiger partial charge in [0.15, 0.2) is 17.4 Å². The second-order valence-corrected chi connectivity index (χ2v) is 28.1. The molecular weight excluding hydrogens is 1040 g/mol. The van der Waals surface area contributed by atoms with Gasteiger partial charge in [0, 0.05) is 83.2 Å². The summed E-state index contributed by atoms with van der Waals surface area (Å²) in [5, 5.41) is 20.4. The van der Waals surface area contributed by atoms with Crippen molar-refractivity contribution in [3.05, 3.63) is 12.2 Å². The first kappa shape index (κ1) is 54.9. The van der Waals surface area contributed by atoms with E-state index in [9.17, 15) is 19.8 Å². The highest BCUT2D eigenvalue weighted by Crippen LogP contribution is 2.58. The van der Waals surface area contributed by atoms with Crippen LogP contribution in [0.4, 0.5) is 0 Å². The third kappa shape index (κ3) is 9.58. The number of aliphatic hydroxyl groups excluding tert-OH is 2. The van der Waals surface area contributed by atoms with Crippen LogP contribution in [0.2, 0.25) is 0 Å². The monoisotopic (exact) mass is 1120 g/mol. The van der Waals surface area contributed by atoms with Crippen molar-refractivity contribution in [1.29, 1.82) is 0 Å². The third-order valence-electron chi connectivity index (χ3n) is 22.4. The molecule has 446 valence electrons. The van der Waals surface area contributed by atoms with Crippen LogP contribution in [0.1, 0.15) is 157 Å². The molecule has 19 nitrogen and oxygen atoms in total. The van der Waals surface area contributed by atoms with Crippen molar-refractivity contribution in [2.75, 3.05) is 6.61 Å². The summed E-state index contributed by atoms with van der Waals surface area (Å²) < 4.78 is 104. The van der Waals surface area contributed by atoms with Crippen LogP contribution < -0.4 is 0 Å². The van der Waals surface area contributed by atoms with Crippen LogP contribution in [0.5, 0.6) is 0 Å². The van der Waals surface area contributed by atoms with Crippen molar-refractivity contribution < 1.29 is 90.9 Å². The molecule has 0 aromatic carbocycles. The summed E-state index contributed by atoms with van der Waals surface area (Å²) in [7, 11) is 0. The first-order valence-electron chi connectivity index (χ1n) is 31.5. The smallest absolute Gasteiger partial charge is 0.308 e. The third-order valence-corrected chi connectivity index (χ3v) is 22.4. The molecule has 16 aliphatic rings. The Hall–Kier alpha value is -1.76. The lowest BCUT2D eigenvalue weighted by molar-refractivity contribution is -0.371. The van der Waals surface area contributed by atoms with E-state index in [2.05, 4.69) is 41.2 Å². The molecule has 0 aromatic rings. The maximum Gasteiger partial charge on any atom is 0.308 e. The molecule has 16 saturated heterocycles. The molecule has 19 heteroatoms. The largest absolute Gasteiger partial charge is 0.459 e. The molecule has 32 atom stereocenters. The number of rotatable bonds is 4. The fourth-order valence-electron chi connectivity index (χ4n) is 18.6. The number of fused-ring (bicyclic) bond motifs is 10. The van der Waals surface area contributed by atoms with E-state index in [4.69, 9.17) is 71.1 Å². The van der Waals surface area contributed by atoms with E-state index >= 15 is 0 Å². The van der Waals surface area contributed by atoms with E-state index in [1.165, 1.54) is 0 Å². The molecular formula is C61H88O19. The van der Waals surface area contributed by atoms with Gasteiger partial charge in [-0.1, -0.05) is 41.2 Å². The van der Waals surface area contributed by atoms with E-state index in [1.54, 1.807) is 0 Å². The highest BCUT2D eigenvalue weighted by molar-refractivity contribution is 5.79. The van der Waals surface area contributed by atoms with Crippen LogP contribution in [0, 0.1) is 29.6 Å². The van der Waals surface area contributed by atoms with Crippen molar-refractivity contribution in [3.8, 4) is 0 Å². The summed E-state index contributed by atoms with van der Waals surface area (Å²) in [5.41, 5.74) is 1.04. The predicted molar refractivity (Wildman–Crippen MR) is 277 cm³/mol. The zero-order valence-electron chi connectivity index (χ0n) is 47.4. The Bertz CT molecular complexity index is 2360. The minimum absolute atomic E-state index is 0.0186. The van der Waals surface area contributed by atoms with Crippen molar-refractivity contribution in [2.45, 2.75) is 320 Å². The van der Waals surface area contributed by atoms with Crippen LogP contribution in [-0.2, 0) is 80.6 Å². The molecule has 0 unspecified atom stereocenters. The fourth-order valence-corrected chi connectivity index (χ4v) is 18.6. The van der Waals surface area contributed by atoms with Gasteiger partial charge in [0.2, 0.25) is 0 Å². The number of hydrogen-bond acceptors (Lipinski definition) is 19. The number of aliphatic hydroxyl groups is 2. The first-order valence-corrected chi connectivity index (χ1v) is 31.5. The Morgan fingerprint density at radius 3 is 2.04 bits per heavy atom. The molecule has 16 rings (SSSR count). The topological polar surface area (TPSA) is 213 Å². The number of ether oxygens (including phenoxy) is 15. The molecule has 2 N–H and O–H groups in total. The van der Waals surface area contributed by atoms with Gasteiger partial charge in [-0.2, -0.15) is 0 Å². The Morgan fingerprint density at radius 2 is 1.19 bits per heavy atom. The Balaban J connectivity index is 0.651. The maximum atomic E-state index is 14.6. The molecule has 0 amide bonds. The number of hydrogen-bond donors (Lipinski definition) is 2. The summed E-state index contributed by atoms with van der Waals surface area (Å²) in [5.74, 6) is -2.55. The number of ketones is 1. The van der Waals surface area contributed by atoms with Crippen LogP contribution in [0.3, 0.4) is 0 Å². The van der Waals surface area contributed by atoms with Gasteiger partial charge in [0.25, 0.3) is 0 Å². The van der Waals surface area contributed by atoms with Crippen molar-refractivity contribution in [1.82, 2.24) is 0 Å². The number of esters is 1. The molecule has 12 bridgehead atoms. The summed E-state index contributed by atoms with van der Waals surface area (Å²) in [6.45, 7) is 15.4. The van der Waals surface area contributed by atoms with E-state index in [1.807, 2.05) is 0 Å². The van der Waals surface area contributed by atoms with Gasteiger partial charge < -0.3 is 81.3 Å². The van der Waals surface area contributed by atoms with Crippen LogP contribution in [0.25, 0.3) is 0 Å². The zero-order chi connectivity index (χ0) is 54.7. The lowest BCUT2D eigenvalue weighted by atomic mass is 9.78. The van der Waals surface area contributed by atoms with Crippen molar-refractivity contribution >= 4 is 11.8 Å². The molecule has 0 aliphatic carbocycles.